The van der Waals surface area contributed by atoms with Crippen LogP contribution in [-0.4, -0.2) is 16.7 Å². The number of nitrogens with zero attached hydrogens (tertiary/aromatic N) is 1. The molecule has 5 heteroatoms. The summed E-state index contributed by atoms with van der Waals surface area (Å²) in [7, 11) is 0. The average Bonchev–Trinajstić information content (AvgIpc) is 2.87. The fourth-order valence-electron chi connectivity index (χ4n) is 0.902. The summed E-state index contributed by atoms with van der Waals surface area (Å²) in [6, 6.07) is 0. The molecule has 0 N–H and O–H groups in total. The summed E-state index contributed by atoms with van der Waals surface area (Å²) in [5.74, 6) is 1.17. The van der Waals surface area contributed by atoms with E-state index in [4.69, 9.17) is 4.18 Å². The van der Waals surface area contributed by atoms with Gasteiger partial charge in [0.2, 0.25) is 0 Å². The van der Waals surface area contributed by atoms with Crippen LogP contribution in [0.2, 0.25) is 0 Å². The molecule has 1 atom stereocenters. The van der Waals surface area contributed by atoms with Gasteiger partial charge in [-0.3, -0.25) is 0 Å². The van der Waals surface area contributed by atoms with Gasteiger partial charge in [0.25, 0.3) is 0 Å². The zero-order valence-electron chi connectivity index (χ0n) is 8.82. The van der Waals surface area contributed by atoms with Gasteiger partial charge in [-0.25, -0.2) is 0 Å². The molecule has 0 aromatic carbocycles. The Bertz CT molecular complexity index is 133. The summed E-state index contributed by atoms with van der Waals surface area (Å²) in [4.78, 5) is 0. The van der Waals surface area contributed by atoms with Gasteiger partial charge in [0.1, 0.15) is 4.39 Å². The number of hydrogen-bond acceptors (Lipinski definition) is 3. The van der Waals surface area contributed by atoms with Gasteiger partial charge < -0.3 is 9.50 Å². The summed E-state index contributed by atoms with van der Waals surface area (Å²) in [5.41, 5.74) is 0. The molecule has 0 aromatic rings. The van der Waals surface area contributed by atoms with E-state index in [0.29, 0.717) is 0 Å². The zero-order valence-corrected chi connectivity index (χ0v) is 12.5. The van der Waals surface area contributed by atoms with Crippen molar-refractivity contribution in [3.05, 3.63) is 5.32 Å². The van der Waals surface area contributed by atoms with Crippen molar-refractivity contribution in [1.82, 2.24) is 0 Å². The van der Waals surface area contributed by atoms with Crippen LogP contribution < -0.4 is 0 Å². The van der Waals surface area contributed by atoms with E-state index in [1.54, 1.807) is 0 Å². The number of thioether (sulfide) groups is 1. The van der Waals surface area contributed by atoms with Gasteiger partial charge in [-0.15, -0.1) is 18.3 Å². The molecular formula is C9H18MoNOS2-. The second kappa shape index (κ2) is 8.46. The van der Waals surface area contributed by atoms with Gasteiger partial charge in [-0.1, -0.05) is 33.1 Å². The van der Waals surface area contributed by atoms with Crippen molar-refractivity contribution >= 4 is 23.8 Å². The molecule has 1 heterocycles. The van der Waals surface area contributed by atoms with E-state index in [0.717, 1.165) is 6.54 Å². The second-order valence-electron chi connectivity index (χ2n) is 3.13. The maximum atomic E-state index is 5.30. The molecule has 0 aromatic heterocycles. The molecule has 0 radical (unpaired) electrons. The Kier molecular flexibility index (Phi) is 9.25. The summed E-state index contributed by atoms with van der Waals surface area (Å²) in [6.45, 7) is 5.35. The predicted molar refractivity (Wildman–Crippen MR) is 61.9 cm³/mol. The van der Waals surface area contributed by atoms with Crippen LogP contribution in [0.25, 0.3) is 5.32 Å². The van der Waals surface area contributed by atoms with Crippen LogP contribution in [0, 0.1) is 0 Å². The molecule has 0 aliphatic carbocycles. The number of unbranched alkanes of at least 4 members (excludes halogenated alkanes) is 2. The topological polar surface area (TPSA) is 26.6 Å². The first-order chi connectivity index (χ1) is 6.33. The summed E-state index contributed by atoms with van der Waals surface area (Å²) < 4.78 is 5.11. The SMILES string of the molecule is CCCC[N-]C1(SCCCC)OS1.[Mo]. The van der Waals surface area contributed by atoms with Crippen LogP contribution in [-0.2, 0) is 25.2 Å². The van der Waals surface area contributed by atoms with Crippen LogP contribution in [0.4, 0.5) is 0 Å². The van der Waals surface area contributed by atoms with Gasteiger partial charge in [-0.2, -0.15) is 0 Å². The van der Waals surface area contributed by atoms with Gasteiger partial charge in [0, 0.05) is 33.1 Å². The third-order valence-electron chi connectivity index (χ3n) is 1.83. The Morgan fingerprint density at radius 2 is 1.93 bits per heavy atom. The Morgan fingerprint density at radius 1 is 1.29 bits per heavy atom. The van der Waals surface area contributed by atoms with Gasteiger partial charge in [0.05, 0.1) is 0 Å². The van der Waals surface area contributed by atoms with Crippen LogP contribution in [0.5, 0.6) is 0 Å². The van der Waals surface area contributed by atoms with Crippen LogP contribution in [0.15, 0.2) is 0 Å². The maximum absolute atomic E-state index is 5.30. The van der Waals surface area contributed by atoms with Gasteiger partial charge >= 0.3 is 0 Å². The van der Waals surface area contributed by atoms with Crippen molar-refractivity contribution in [3.8, 4) is 0 Å². The van der Waals surface area contributed by atoms with Crippen LogP contribution in [0.1, 0.15) is 39.5 Å². The third kappa shape index (κ3) is 6.01. The van der Waals surface area contributed by atoms with Crippen molar-refractivity contribution in [2.75, 3.05) is 12.3 Å². The average molecular weight is 316 g/mol. The Hall–Kier alpha value is 1.31. The van der Waals surface area contributed by atoms with E-state index in [2.05, 4.69) is 19.2 Å². The molecule has 1 aliphatic rings. The summed E-state index contributed by atoms with van der Waals surface area (Å²) in [5, 5.41) is 4.53. The molecule has 2 nitrogen and oxygen atoms in total. The van der Waals surface area contributed by atoms with Crippen molar-refractivity contribution in [2.24, 2.45) is 0 Å². The summed E-state index contributed by atoms with van der Waals surface area (Å²) >= 11 is 3.35. The molecule has 1 unspecified atom stereocenters. The molecule has 1 rings (SSSR count). The normalized spacial score (nSPS) is 24.4. The van der Waals surface area contributed by atoms with Gasteiger partial charge in [0.15, 0.2) is 0 Å². The molecule has 0 bridgehead atoms. The minimum atomic E-state index is -0.190. The predicted octanol–water partition coefficient (Wildman–Crippen LogP) is 3.98. The van der Waals surface area contributed by atoms with E-state index in [1.165, 1.54) is 43.5 Å². The standard InChI is InChI=1S/C9H18NOS2.Mo/c1-3-5-7-10-9(11-13-9)12-8-6-4-2;/h3-8H2,1-2H3;/q-1;. The van der Waals surface area contributed by atoms with Gasteiger partial charge in [-0.05, 0) is 12.2 Å². The zero-order chi connectivity index (χ0) is 9.57. The monoisotopic (exact) mass is 318 g/mol. The molecule has 0 spiro atoms. The van der Waals surface area contributed by atoms with Crippen molar-refractivity contribution in [2.45, 2.75) is 43.9 Å². The molecule has 0 saturated carbocycles. The second-order valence-corrected chi connectivity index (χ2v) is 5.52. The molecular weight excluding hydrogens is 298 g/mol. The van der Waals surface area contributed by atoms with Crippen LogP contribution in [0.3, 0.4) is 0 Å². The number of rotatable bonds is 8. The fourth-order valence-corrected chi connectivity index (χ4v) is 2.78. The van der Waals surface area contributed by atoms with E-state index >= 15 is 0 Å². The Morgan fingerprint density at radius 3 is 2.43 bits per heavy atom. The Labute approximate surface area is 110 Å². The van der Waals surface area contributed by atoms with E-state index in [1.807, 2.05) is 11.8 Å². The van der Waals surface area contributed by atoms with Crippen molar-refractivity contribution in [3.63, 3.8) is 0 Å². The van der Waals surface area contributed by atoms with Crippen molar-refractivity contribution in [1.29, 1.82) is 0 Å². The minimum Gasteiger partial charge on any atom is -0.612 e. The molecule has 1 aliphatic heterocycles. The van der Waals surface area contributed by atoms with E-state index in [-0.39, 0.29) is 25.5 Å². The van der Waals surface area contributed by atoms with Crippen molar-refractivity contribution < 1.29 is 25.2 Å². The van der Waals surface area contributed by atoms with Crippen LogP contribution >= 0.6 is 23.8 Å². The first-order valence-electron chi connectivity index (χ1n) is 5.02. The third-order valence-corrected chi connectivity index (χ3v) is 4.15. The first kappa shape index (κ1) is 15.3. The maximum Gasteiger partial charge on any atom is 0.117 e. The molecule has 84 valence electrons. The molecule has 0 amide bonds. The first-order valence-corrected chi connectivity index (χ1v) is 6.75. The Balaban J connectivity index is 0.00000169. The summed E-state index contributed by atoms with van der Waals surface area (Å²) in [6.07, 6.45) is 4.91. The quantitative estimate of drug-likeness (QED) is 0.293. The largest absolute Gasteiger partial charge is 0.612 e. The smallest absolute Gasteiger partial charge is 0.117 e. The fraction of sp³-hybridized carbons (Fsp3) is 1.00. The van der Waals surface area contributed by atoms with E-state index < -0.39 is 0 Å². The molecule has 1 fully saturated rings. The molecule has 1 saturated heterocycles. The minimum absolute atomic E-state index is 0. The molecule has 14 heavy (non-hydrogen) atoms. The van der Waals surface area contributed by atoms with E-state index in [9.17, 15) is 0 Å². The number of hydrogen-bond donors (Lipinski definition) is 0.